The van der Waals surface area contributed by atoms with Crippen LogP contribution in [0.25, 0.3) is 0 Å². The summed E-state index contributed by atoms with van der Waals surface area (Å²) in [5.74, 6) is 0.243. The van der Waals surface area contributed by atoms with Gasteiger partial charge in [0.25, 0.3) is 0 Å². The van der Waals surface area contributed by atoms with E-state index in [1.54, 1.807) is 6.20 Å². The Bertz CT molecular complexity index is 744. The molecule has 3 N–H and O–H groups in total. The highest BCUT2D eigenvalue weighted by Gasteiger charge is 2.29. The van der Waals surface area contributed by atoms with Crippen LogP contribution in [0.3, 0.4) is 0 Å². The molecule has 3 rings (SSSR count). The zero-order valence-corrected chi connectivity index (χ0v) is 14.2. The number of anilines is 1. The van der Waals surface area contributed by atoms with Crippen molar-refractivity contribution in [1.29, 1.82) is 0 Å². The van der Waals surface area contributed by atoms with Crippen molar-refractivity contribution in [2.24, 2.45) is 5.92 Å². The van der Waals surface area contributed by atoms with Gasteiger partial charge < -0.3 is 16.0 Å². The number of hydrogen-bond acceptors (Lipinski definition) is 3. The lowest BCUT2D eigenvalue weighted by atomic mass is 10.2. The molecule has 2 aromatic rings. The van der Waals surface area contributed by atoms with Gasteiger partial charge in [-0.2, -0.15) is 0 Å². The molecule has 130 valence electrons. The topological polar surface area (TPSA) is 83.1 Å². The van der Waals surface area contributed by atoms with Crippen molar-refractivity contribution in [3.8, 4) is 0 Å². The second-order valence-corrected chi connectivity index (χ2v) is 6.27. The van der Waals surface area contributed by atoms with Crippen LogP contribution in [0.2, 0.25) is 0 Å². The lowest BCUT2D eigenvalue weighted by Crippen LogP contribution is -2.36. The quantitative estimate of drug-likeness (QED) is 0.757. The SMILES string of the molecule is CC(NC(=O)NCc1cccc(NC(=O)C2CC2)c1)c1ccccn1. The molecule has 6 nitrogen and oxygen atoms in total. The fourth-order valence-electron chi connectivity index (χ4n) is 2.48. The van der Waals surface area contributed by atoms with Gasteiger partial charge in [0.2, 0.25) is 5.91 Å². The second-order valence-electron chi connectivity index (χ2n) is 6.27. The summed E-state index contributed by atoms with van der Waals surface area (Å²) in [6.07, 6.45) is 3.65. The molecular weight excluding hydrogens is 316 g/mol. The van der Waals surface area contributed by atoms with E-state index in [0.717, 1.165) is 29.8 Å². The molecule has 0 radical (unpaired) electrons. The third kappa shape index (κ3) is 5.04. The van der Waals surface area contributed by atoms with E-state index in [9.17, 15) is 9.59 Å². The lowest BCUT2D eigenvalue weighted by molar-refractivity contribution is -0.117. The van der Waals surface area contributed by atoms with E-state index in [1.807, 2.05) is 49.4 Å². The Labute approximate surface area is 147 Å². The first-order valence-electron chi connectivity index (χ1n) is 8.47. The number of carbonyl (C=O) groups is 2. The summed E-state index contributed by atoms with van der Waals surface area (Å²) < 4.78 is 0. The van der Waals surface area contributed by atoms with Crippen LogP contribution >= 0.6 is 0 Å². The minimum absolute atomic E-state index is 0.0760. The molecule has 1 heterocycles. The number of rotatable bonds is 6. The van der Waals surface area contributed by atoms with Gasteiger partial charge in [0.1, 0.15) is 0 Å². The number of amides is 3. The third-order valence-corrected chi connectivity index (χ3v) is 4.07. The summed E-state index contributed by atoms with van der Waals surface area (Å²) in [4.78, 5) is 28.1. The fraction of sp³-hybridized carbons (Fsp3) is 0.316. The smallest absolute Gasteiger partial charge is 0.315 e. The predicted molar refractivity (Wildman–Crippen MR) is 95.8 cm³/mol. The molecule has 1 aromatic carbocycles. The summed E-state index contributed by atoms with van der Waals surface area (Å²) in [6, 6.07) is 12.7. The Hall–Kier alpha value is -2.89. The highest BCUT2D eigenvalue weighted by molar-refractivity contribution is 5.94. The third-order valence-electron chi connectivity index (χ3n) is 4.07. The lowest BCUT2D eigenvalue weighted by Gasteiger charge is -2.14. The molecule has 1 saturated carbocycles. The monoisotopic (exact) mass is 338 g/mol. The highest BCUT2D eigenvalue weighted by atomic mass is 16.2. The standard InChI is InChI=1S/C19H22N4O2/c1-13(17-7-2-3-10-20-17)22-19(25)21-12-14-5-4-6-16(11-14)23-18(24)15-8-9-15/h2-7,10-11,13,15H,8-9,12H2,1H3,(H,23,24)(H2,21,22,25). The highest BCUT2D eigenvalue weighted by Crippen LogP contribution is 2.30. The van der Waals surface area contributed by atoms with Crippen molar-refractivity contribution < 1.29 is 9.59 Å². The molecule has 1 fully saturated rings. The maximum atomic E-state index is 12.0. The Balaban J connectivity index is 1.49. The van der Waals surface area contributed by atoms with E-state index in [4.69, 9.17) is 0 Å². The number of benzene rings is 1. The summed E-state index contributed by atoms with van der Waals surface area (Å²) in [7, 11) is 0. The van der Waals surface area contributed by atoms with Gasteiger partial charge in [-0.15, -0.1) is 0 Å². The number of aromatic nitrogens is 1. The average Bonchev–Trinajstić information content (AvgIpc) is 3.46. The van der Waals surface area contributed by atoms with Gasteiger partial charge in [-0.1, -0.05) is 18.2 Å². The van der Waals surface area contributed by atoms with Gasteiger partial charge in [-0.25, -0.2) is 4.79 Å². The fourth-order valence-corrected chi connectivity index (χ4v) is 2.48. The summed E-state index contributed by atoms with van der Waals surface area (Å²) >= 11 is 0. The van der Waals surface area contributed by atoms with Gasteiger partial charge in [0.15, 0.2) is 0 Å². The first-order valence-corrected chi connectivity index (χ1v) is 8.47. The number of hydrogen-bond donors (Lipinski definition) is 3. The van der Waals surface area contributed by atoms with Gasteiger partial charge in [0.05, 0.1) is 11.7 Å². The summed E-state index contributed by atoms with van der Waals surface area (Å²) in [5, 5.41) is 8.59. The van der Waals surface area contributed by atoms with Crippen molar-refractivity contribution in [2.45, 2.75) is 32.4 Å². The van der Waals surface area contributed by atoms with Gasteiger partial charge in [-0.3, -0.25) is 9.78 Å². The maximum absolute atomic E-state index is 12.0. The number of nitrogens with zero attached hydrogens (tertiary/aromatic N) is 1. The molecule has 25 heavy (non-hydrogen) atoms. The van der Waals surface area contributed by atoms with E-state index in [1.165, 1.54) is 0 Å². The van der Waals surface area contributed by atoms with Gasteiger partial charge in [-0.05, 0) is 49.6 Å². The van der Waals surface area contributed by atoms with Crippen LogP contribution in [-0.2, 0) is 11.3 Å². The molecule has 0 spiro atoms. The number of carbonyl (C=O) groups excluding carboxylic acids is 2. The number of urea groups is 1. The Morgan fingerprint density at radius 2 is 2.04 bits per heavy atom. The van der Waals surface area contributed by atoms with Crippen LogP contribution in [0.1, 0.15) is 37.1 Å². The van der Waals surface area contributed by atoms with Crippen molar-refractivity contribution in [2.75, 3.05) is 5.32 Å². The molecule has 1 aliphatic carbocycles. The van der Waals surface area contributed by atoms with E-state index >= 15 is 0 Å². The summed E-state index contributed by atoms with van der Waals surface area (Å²) in [6.45, 7) is 2.27. The van der Waals surface area contributed by atoms with Crippen LogP contribution in [0.4, 0.5) is 10.5 Å². The molecule has 3 amide bonds. The van der Waals surface area contributed by atoms with Crippen LogP contribution in [0.5, 0.6) is 0 Å². The van der Waals surface area contributed by atoms with E-state index < -0.39 is 0 Å². The molecule has 1 unspecified atom stereocenters. The molecule has 6 heteroatoms. The van der Waals surface area contributed by atoms with Crippen molar-refractivity contribution in [3.05, 3.63) is 59.9 Å². The molecule has 1 aromatic heterocycles. The van der Waals surface area contributed by atoms with Crippen LogP contribution in [0, 0.1) is 5.92 Å². The average molecular weight is 338 g/mol. The molecule has 0 bridgehead atoms. The normalized spacial score (nSPS) is 14.4. The van der Waals surface area contributed by atoms with Crippen LogP contribution in [0.15, 0.2) is 48.7 Å². The van der Waals surface area contributed by atoms with Gasteiger partial charge >= 0.3 is 6.03 Å². The van der Waals surface area contributed by atoms with Gasteiger partial charge in [0, 0.05) is 24.3 Å². The summed E-state index contributed by atoms with van der Waals surface area (Å²) in [5.41, 5.74) is 2.50. The zero-order chi connectivity index (χ0) is 17.6. The molecule has 1 atom stereocenters. The minimum atomic E-state index is -0.259. The van der Waals surface area contributed by atoms with Crippen molar-refractivity contribution in [3.63, 3.8) is 0 Å². The largest absolute Gasteiger partial charge is 0.334 e. The zero-order valence-electron chi connectivity index (χ0n) is 14.2. The van der Waals surface area contributed by atoms with E-state index in [2.05, 4.69) is 20.9 Å². The number of pyridine rings is 1. The van der Waals surface area contributed by atoms with Crippen molar-refractivity contribution in [1.82, 2.24) is 15.6 Å². The second kappa shape index (κ2) is 7.79. The maximum Gasteiger partial charge on any atom is 0.315 e. The predicted octanol–water partition coefficient (Wildman–Crippen LogP) is 2.99. The van der Waals surface area contributed by atoms with E-state index in [-0.39, 0.29) is 23.9 Å². The van der Waals surface area contributed by atoms with Crippen LogP contribution < -0.4 is 16.0 Å². The Kier molecular flexibility index (Phi) is 5.28. The van der Waals surface area contributed by atoms with Crippen LogP contribution in [-0.4, -0.2) is 16.9 Å². The first kappa shape index (κ1) is 17.0. The molecular formula is C19H22N4O2. The molecule has 0 saturated heterocycles. The van der Waals surface area contributed by atoms with E-state index in [0.29, 0.717) is 6.54 Å². The molecule has 1 aliphatic rings. The molecule has 0 aliphatic heterocycles. The number of nitrogens with one attached hydrogen (secondary N) is 3. The first-order chi connectivity index (χ1) is 12.1. The minimum Gasteiger partial charge on any atom is -0.334 e. The Morgan fingerprint density at radius 1 is 1.20 bits per heavy atom. The van der Waals surface area contributed by atoms with Crippen molar-refractivity contribution >= 4 is 17.6 Å². The Morgan fingerprint density at radius 3 is 2.76 bits per heavy atom.